The van der Waals surface area contributed by atoms with Gasteiger partial charge in [0.1, 0.15) is 0 Å². The molecule has 12 heavy (non-hydrogen) atoms. The first-order valence-corrected chi connectivity index (χ1v) is 4.29. The number of carbonyl (C=O) groups excluding carboxylic acids is 1. The van der Waals surface area contributed by atoms with Gasteiger partial charge < -0.3 is 5.32 Å². The van der Waals surface area contributed by atoms with Crippen LogP contribution in [-0.2, 0) is 4.79 Å². The highest BCUT2D eigenvalue weighted by Crippen LogP contribution is 2.17. The Labute approximate surface area is 79.0 Å². The summed E-state index contributed by atoms with van der Waals surface area (Å²) in [4.78, 5) is 11.2. The highest BCUT2D eigenvalue weighted by molar-refractivity contribution is 6.29. The van der Waals surface area contributed by atoms with Crippen molar-refractivity contribution in [2.75, 3.05) is 6.54 Å². The molecule has 70 valence electrons. The van der Waals surface area contributed by atoms with E-state index in [1.165, 1.54) is 0 Å². The van der Waals surface area contributed by atoms with Crippen molar-refractivity contribution in [1.82, 2.24) is 5.32 Å². The van der Waals surface area contributed by atoms with Gasteiger partial charge in [-0.25, -0.2) is 0 Å². The molecule has 0 aliphatic rings. The number of amides is 1. The lowest BCUT2D eigenvalue weighted by Gasteiger charge is -2.16. The van der Waals surface area contributed by atoms with E-state index in [-0.39, 0.29) is 11.3 Å². The summed E-state index contributed by atoms with van der Waals surface area (Å²) >= 11 is 5.48. The van der Waals surface area contributed by atoms with E-state index in [0.717, 1.165) is 0 Å². The van der Waals surface area contributed by atoms with Crippen LogP contribution < -0.4 is 5.32 Å². The molecule has 0 atom stereocenters. The lowest BCUT2D eigenvalue weighted by Crippen LogP contribution is -2.28. The van der Waals surface area contributed by atoms with Crippen LogP contribution in [0.4, 0.5) is 0 Å². The van der Waals surface area contributed by atoms with Crippen molar-refractivity contribution in [3.8, 4) is 0 Å². The third kappa shape index (κ3) is 7.61. The quantitative estimate of drug-likeness (QED) is 0.725. The molecule has 0 aromatic carbocycles. The van der Waals surface area contributed by atoms with Crippen molar-refractivity contribution in [1.29, 1.82) is 0 Å². The fourth-order valence-corrected chi connectivity index (χ4v) is 0.805. The first-order valence-electron chi connectivity index (χ1n) is 3.91. The molecular weight excluding hydrogens is 174 g/mol. The molecule has 2 nitrogen and oxygen atoms in total. The van der Waals surface area contributed by atoms with Crippen molar-refractivity contribution in [2.24, 2.45) is 5.41 Å². The summed E-state index contributed by atoms with van der Waals surface area (Å²) in [5, 5.41) is 3.12. The van der Waals surface area contributed by atoms with E-state index in [4.69, 9.17) is 11.6 Å². The van der Waals surface area contributed by atoms with Crippen LogP contribution in [0.1, 0.15) is 27.2 Å². The van der Waals surface area contributed by atoms with Crippen molar-refractivity contribution in [2.45, 2.75) is 27.2 Å². The highest BCUT2D eigenvalue weighted by atomic mass is 35.5. The van der Waals surface area contributed by atoms with E-state index in [9.17, 15) is 4.79 Å². The number of rotatable bonds is 3. The maximum Gasteiger partial charge on any atom is 0.220 e. The number of hydrogen-bond donors (Lipinski definition) is 1. The minimum Gasteiger partial charge on any atom is -0.351 e. The first kappa shape index (κ1) is 11.5. The van der Waals surface area contributed by atoms with E-state index in [1.807, 2.05) is 20.8 Å². The van der Waals surface area contributed by atoms with Gasteiger partial charge in [-0.15, -0.1) is 0 Å². The average Bonchev–Trinajstić information content (AvgIpc) is 1.79. The summed E-state index contributed by atoms with van der Waals surface area (Å²) in [7, 11) is 0. The van der Waals surface area contributed by atoms with Gasteiger partial charge in [-0.3, -0.25) is 4.79 Å². The van der Waals surface area contributed by atoms with Crippen molar-refractivity contribution in [3.05, 3.63) is 11.6 Å². The van der Waals surface area contributed by atoms with Crippen LogP contribution in [0.3, 0.4) is 0 Å². The molecular formula is C9H16ClNO. The lowest BCUT2D eigenvalue weighted by atomic mass is 9.92. The Bertz CT molecular complexity index is 181. The van der Waals surface area contributed by atoms with Crippen LogP contribution in [0.15, 0.2) is 11.6 Å². The Morgan fingerprint density at radius 2 is 2.00 bits per heavy atom. The number of nitrogens with one attached hydrogen (secondary N) is 1. The van der Waals surface area contributed by atoms with Crippen molar-refractivity contribution in [3.63, 3.8) is 0 Å². The van der Waals surface area contributed by atoms with Gasteiger partial charge >= 0.3 is 0 Å². The zero-order valence-electron chi connectivity index (χ0n) is 7.91. The van der Waals surface area contributed by atoms with Crippen LogP contribution in [0.5, 0.6) is 0 Å². The smallest absolute Gasteiger partial charge is 0.220 e. The molecule has 0 radical (unpaired) electrons. The maximum absolute atomic E-state index is 11.2. The van der Waals surface area contributed by atoms with Gasteiger partial charge in [-0.2, -0.15) is 0 Å². The molecule has 0 aromatic rings. The molecule has 0 saturated heterocycles. The second-order valence-corrected chi connectivity index (χ2v) is 4.57. The maximum atomic E-state index is 11.2. The van der Waals surface area contributed by atoms with Crippen LogP contribution in [-0.4, -0.2) is 12.5 Å². The van der Waals surface area contributed by atoms with Gasteiger partial charge in [0.25, 0.3) is 0 Å². The molecule has 0 spiro atoms. The lowest BCUT2D eigenvalue weighted by molar-refractivity contribution is -0.122. The molecule has 0 heterocycles. The third-order valence-corrected chi connectivity index (χ3v) is 1.30. The summed E-state index contributed by atoms with van der Waals surface area (Å²) in [6, 6.07) is 0. The third-order valence-electron chi connectivity index (χ3n) is 1.17. The Morgan fingerprint density at radius 1 is 1.50 bits per heavy atom. The van der Waals surface area contributed by atoms with E-state index < -0.39 is 0 Å². The van der Waals surface area contributed by atoms with E-state index >= 15 is 0 Å². The molecule has 1 N–H and O–H groups in total. The molecule has 1 amide bonds. The standard InChI is InChI=1S/C9H16ClNO/c1-7(10)6-11-8(12)5-9(2,3)4/h1,5-6H2,2-4H3,(H,11,12). The van der Waals surface area contributed by atoms with Gasteiger partial charge in [0, 0.05) is 11.5 Å². The van der Waals surface area contributed by atoms with E-state index in [1.54, 1.807) is 0 Å². The largest absolute Gasteiger partial charge is 0.351 e. The predicted molar refractivity (Wildman–Crippen MR) is 52.1 cm³/mol. The van der Waals surface area contributed by atoms with E-state index in [2.05, 4.69) is 11.9 Å². The SMILES string of the molecule is C=C(Cl)CNC(=O)CC(C)(C)C. The Kier molecular flexibility index (Phi) is 4.32. The molecule has 0 bridgehead atoms. The molecule has 0 rings (SSSR count). The zero-order valence-corrected chi connectivity index (χ0v) is 8.66. The van der Waals surface area contributed by atoms with Gasteiger partial charge in [0.05, 0.1) is 6.54 Å². The summed E-state index contributed by atoms with van der Waals surface area (Å²) in [6.45, 7) is 9.88. The predicted octanol–water partition coefficient (Wildman–Crippen LogP) is 2.29. The minimum atomic E-state index is 0.0179. The van der Waals surface area contributed by atoms with Crippen LogP contribution in [0.25, 0.3) is 0 Å². The zero-order chi connectivity index (χ0) is 9.78. The first-order chi connectivity index (χ1) is 5.31. The van der Waals surface area contributed by atoms with Crippen LogP contribution in [0, 0.1) is 5.41 Å². The monoisotopic (exact) mass is 189 g/mol. The van der Waals surface area contributed by atoms with Crippen molar-refractivity contribution >= 4 is 17.5 Å². The molecule has 0 fully saturated rings. The molecule has 0 aromatic heterocycles. The normalized spacial score (nSPS) is 11.0. The Morgan fingerprint density at radius 3 is 2.33 bits per heavy atom. The topological polar surface area (TPSA) is 29.1 Å². The number of carbonyl (C=O) groups is 1. The van der Waals surface area contributed by atoms with Crippen LogP contribution >= 0.6 is 11.6 Å². The fraction of sp³-hybridized carbons (Fsp3) is 0.667. The van der Waals surface area contributed by atoms with Gasteiger partial charge in [-0.1, -0.05) is 39.0 Å². The Hall–Kier alpha value is -0.500. The highest BCUT2D eigenvalue weighted by Gasteiger charge is 2.15. The number of hydrogen-bond acceptors (Lipinski definition) is 1. The van der Waals surface area contributed by atoms with Crippen molar-refractivity contribution < 1.29 is 4.79 Å². The Balaban J connectivity index is 3.68. The summed E-state index contributed by atoms with van der Waals surface area (Å²) in [5.41, 5.74) is 0.0255. The molecule has 0 unspecified atom stereocenters. The average molecular weight is 190 g/mol. The second kappa shape index (κ2) is 4.51. The molecule has 0 aliphatic carbocycles. The number of halogens is 1. The van der Waals surface area contributed by atoms with Gasteiger partial charge in [0.15, 0.2) is 0 Å². The van der Waals surface area contributed by atoms with Gasteiger partial charge in [-0.05, 0) is 5.41 Å². The van der Waals surface area contributed by atoms with Crippen LogP contribution in [0.2, 0.25) is 0 Å². The molecule has 0 saturated carbocycles. The summed E-state index contributed by atoms with van der Waals surface area (Å²) < 4.78 is 0. The summed E-state index contributed by atoms with van der Waals surface area (Å²) in [6.07, 6.45) is 0.511. The van der Waals surface area contributed by atoms with Gasteiger partial charge in [0.2, 0.25) is 5.91 Å². The second-order valence-electron chi connectivity index (χ2n) is 4.03. The molecule has 0 aliphatic heterocycles. The summed E-state index contributed by atoms with van der Waals surface area (Å²) in [5.74, 6) is 0.0179. The molecule has 3 heteroatoms. The fourth-order valence-electron chi connectivity index (χ4n) is 0.739. The minimum absolute atomic E-state index is 0.0179. The van der Waals surface area contributed by atoms with E-state index in [0.29, 0.717) is 18.0 Å².